The minimum absolute atomic E-state index is 0.112. The topological polar surface area (TPSA) is 80.2 Å². The molecule has 1 saturated carbocycles. The Balaban J connectivity index is 1.47. The number of hydrogen-bond acceptors (Lipinski definition) is 4. The second kappa shape index (κ2) is 6.11. The Hall–Kier alpha value is -2.47. The van der Waals surface area contributed by atoms with Gasteiger partial charge in [-0.25, -0.2) is 0 Å². The average molecular weight is 360 g/mol. The van der Waals surface area contributed by atoms with Crippen LogP contribution in [0, 0.1) is 5.41 Å². The van der Waals surface area contributed by atoms with Crippen LogP contribution in [0.1, 0.15) is 31.2 Å². The number of aromatic nitrogens is 2. The monoisotopic (exact) mass is 359 g/mol. The number of amides is 1. The normalized spacial score (nSPS) is 15.3. The summed E-state index contributed by atoms with van der Waals surface area (Å²) in [6.07, 6.45) is 3.43. The van der Waals surface area contributed by atoms with Crippen LogP contribution in [0.25, 0.3) is 10.9 Å². The highest BCUT2D eigenvalue weighted by Gasteiger charge is 2.44. The van der Waals surface area contributed by atoms with E-state index in [0.717, 1.165) is 29.4 Å². The fourth-order valence-electron chi connectivity index (χ4n) is 2.67. The molecule has 130 valence electrons. The minimum atomic E-state index is -0.169. The third kappa shape index (κ3) is 3.35. The standard InChI is InChI=1S/C18H18ClN3O3/c1-18(3-4-18)17(23)20-9-13-6-11-7-14(19)16(8-15(11)21-13)24-10-12-2-5-25-22-12/h2,5-8,21H,3-4,9-10H2,1H3,(H,20,23). The molecule has 1 aliphatic rings. The fraction of sp³-hybridized carbons (Fsp3) is 0.333. The van der Waals surface area contributed by atoms with Crippen LogP contribution in [0.15, 0.2) is 35.1 Å². The zero-order valence-electron chi connectivity index (χ0n) is 13.8. The van der Waals surface area contributed by atoms with Crippen LogP contribution in [-0.2, 0) is 17.9 Å². The number of fused-ring (bicyclic) bond motifs is 1. The maximum atomic E-state index is 12.0. The number of aromatic amines is 1. The van der Waals surface area contributed by atoms with Gasteiger partial charge in [0.1, 0.15) is 24.3 Å². The lowest BCUT2D eigenvalue weighted by Gasteiger charge is -2.08. The van der Waals surface area contributed by atoms with Crippen molar-refractivity contribution in [3.8, 4) is 5.75 Å². The molecule has 3 aromatic rings. The number of carbonyl (C=O) groups excluding carboxylic acids is 1. The summed E-state index contributed by atoms with van der Waals surface area (Å²) in [5, 5.41) is 8.28. The van der Waals surface area contributed by atoms with Gasteiger partial charge in [-0.05, 0) is 25.0 Å². The maximum absolute atomic E-state index is 12.0. The molecule has 0 bridgehead atoms. The molecule has 0 saturated heterocycles. The summed E-state index contributed by atoms with van der Waals surface area (Å²) in [5.41, 5.74) is 2.36. The van der Waals surface area contributed by atoms with Crippen LogP contribution in [0.3, 0.4) is 0 Å². The number of rotatable bonds is 6. The van der Waals surface area contributed by atoms with Gasteiger partial charge in [0.25, 0.3) is 0 Å². The number of nitrogens with one attached hydrogen (secondary N) is 2. The van der Waals surface area contributed by atoms with E-state index in [4.69, 9.17) is 20.9 Å². The lowest BCUT2D eigenvalue weighted by molar-refractivity contribution is -0.125. The Morgan fingerprint density at radius 3 is 3.00 bits per heavy atom. The summed E-state index contributed by atoms with van der Waals surface area (Å²) < 4.78 is 10.5. The van der Waals surface area contributed by atoms with E-state index in [-0.39, 0.29) is 17.9 Å². The molecule has 1 fully saturated rings. The van der Waals surface area contributed by atoms with Gasteiger partial charge in [-0.2, -0.15) is 0 Å². The molecule has 25 heavy (non-hydrogen) atoms. The Labute approximate surface area is 149 Å². The smallest absolute Gasteiger partial charge is 0.226 e. The number of H-pyrrole nitrogens is 1. The highest BCUT2D eigenvalue weighted by Crippen LogP contribution is 2.45. The van der Waals surface area contributed by atoms with Gasteiger partial charge in [0.15, 0.2) is 0 Å². The van der Waals surface area contributed by atoms with Gasteiger partial charge in [0.05, 0.1) is 11.6 Å². The molecule has 0 radical (unpaired) electrons. The lowest BCUT2D eigenvalue weighted by atomic mass is 10.1. The molecular formula is C18H18ClN3O3. The number of ether oxygens (including phenoxy) is 1. The number of halogens is 1. The van der Waals surface area contributed by atoms with Crippen molar-refractivity contribution in [1.82, 2.24) is 15.5 Å². The Morgan fingerprint density at radius 1 is 1.44 bits per heavy atom. The Bertz CT molecular complexity index is 913. The molecule has 2 aromatic heterocycles. The molecule has 0 unspecified atom stereocenters. The van der Waals surface area contributed by atoms with Crippen molar-refractivity contribution in [3.63, 3.8) is 0 Å². The van der Waals surface area contributed by atoms with E-state index in [1.165, 1.54) is 6.26 Å². The molecule has 2 N–H and O–H groups in total. The van der Waals surface area contributed by atoms with Gasteiger partial charge >= 0.3 is 0 Å². The molecule has 0 aliphatic heterocycles. The summed E-state index contributed by atoms with van der Waals surface area (Å²) in [6.45, 7) is 2.74. The van der Waals surface area contributed by atoms with Crippen LogP contribution in [0.5, 0.6) is 5.75 Å². The first-order valence-electron chi connectivity index (χ1n) is 8.15. The zero-order valence-corrected chi connectivity index (χ0v) is 14.5. The van der Waals surface area contributed by atoms with Crippen molar-refractivity contribution < 1.29 is 14.1 Å². The van der Waals surface area contributed by atoms with Gasteiger partial charge in [-0.1, -0.05) is 23.7 Å². The first-order chi connectivity index (χ1) is 12.0. The molecule has 2 heterocycles. The second-order valence-corrected chi connectivity index (χ2v) is 7.09. The van der Waals surface area contributed by atoms with Gasteiger partial charge < -0.3 is 19.6 Å². The molecule has 0 atom stereocenters. The van der Waals surface area contributed by atoms with E-state index in [1.807, 2.05) is 25.1 Å². The van der Waals surface area contributed by atoms with Crippen molar-refractivity contribution in [2.75, 3.05) is 0 Å². The van der Waals surface area contributed by atoms with Crippen LogP contribution >= 0.6 is 11.6 Å². The largest absolute Gasteiger partial charge is 0.486 e. The maximum Gasteiger partial charge on any atom is 0.226 e. The minimum Gasteiger partial charge on any atom is -0.486 e. The van der Waals surface area contributed by atoms with Gasteiger partial charge in [-0.15, -0.1) is 0 Å². The van der Waals surface area contributed by atoms with Crippen LogP contribution in [-0.4, -0.2) is 16.0 Å². The summed E-state index contributed by atoms with van der Waals surface area (Å²) in [7, 11) is 0. The Kier molecular flexibility index (Phi) is 3.92. The predicted octanol–water partition coefficient (Wildman–Crippen LogP) is 3.80. The summed E-state index contributed by atoms with van der Waals surface area (Å²) in [4.78, 5) is 15.3. The van der Waals surface area contributed by atoms with Crippen molar-refractivity contribution in [2.45, 2.75) is 32.9 Å². The highest BCUT2D eigenvalue weighted by atomic mass is 35.5. The van der Waals surface area contributed by atoms with Crippen molar-refractivity contribution in [1.29, 1.82) is 0 Å². The quantitative estimate of drug-likeness (QED) is 0.701. The lowest BCUT2D eigenvalue weighted by Crippen LogP contribution is -2.29. The van der Waals surface area contributed by atoms with Crippen molar-refractivity contribution >= 4 is 28.4 Å². The van der Waals surface area contributed by atoms with Gasteiger partial charge in [0.2, 0.25) is 5.91 Å². The van der Waals surface area contributed by atoms with Gasteiger partial charge in [-0.3, -0.25) is 4.79 Å². The zero-order chi connectivity index (χ0) is 17.4. The van der Waals surface area contributed by atoms with E-state index in [9.17, 15) is 4.79 Å². The van der Waals surface area contributed by atoms with E-state index in [1.54, 1.807) is 6.07 Å². The third-order valence-electron chi connectivity index (χ3n) is 4.58. The number of hydrogen-bond donors (Lipinski definition) is 2. The first-order valence-corrected chi connectivity index (χ1v) is 8.53. The third-order valence-corrected chi connectivity index (χ3v) is 4.88. The second-order valence-electron chi connectivity index (χ2n) is 6.69. The van der Waals surface area contributed by atoms with E-state index < -0.39 is 0 Å². The van der Waals surface area contributed by atoms with Crippen LogP contribution < -0.4 is 10.1 Å². The molecule has 1 aliphatic carbocycles. The molecule has 1 amide bonds. The number of nitrogens with zero attached hydrogens (tertiary/aromatic N) is 1. The molecule has 4 rings (SSSR count). The number of benzene rings is 1. The Morgan fingerprint density at radius 2 is 2.28 bits per heavy atom. The van der Waals surface area contributed by atoms with E-state index >= 15 is 0 Å². The average Bonchev–Trinajstić information content (AvgIpc) is 3.01. The SMILES string of the molecule is CC1(C(=O)NCc2cc3cc(Cl)c(OCc4ccon4)cc3[nH]2)CC1. The molecule has 7 heteroatoms. The fourth-order valence-corrected chi connectivity index (χ4v) is 2.89. The number of carbonyl (C=O) groups is 1. The van der Waals surface area contributed by atoms with E-state index in [0.29, 0.717) is 23.0 Å². The first kappa shape index (κ1) is 16.0. The van der Waals surface area contributed by atoms with Crippen molar-refractivity contribution in [3.05, 3.63) is 46.9 Å². The van der Waals surface area contributed by atoms with Crippen LogP contribution in [0.2, 0.25) is 5.02 Å². The molecular weight excluding hydrogens is 342 g/mol. The molecule has 0 spiro atoms. The molecule has 1 aromatic carbocycles. The summed E-state index contributed by atoms with van der Waals surface area (Å²) in [5.74, 6) is 0.681. The molecule has 6 nitrogen and oxygen atoms in total. The van der Waals surface area contributed by atoms with E-state index in [2.05, 4.69) is 15.5 Å². The van der Waals surface area contributed by atoms with Crippen molar-refractivity contribution in [2.24, 2.45) is 5.41 Å². The van der Waals surface area contributed by atoms with Crippen LogP contribution in [0.4, 0.5) is 0 Å². The van der Waals surface area contributed by atoms with Gasteiger partial charge in [0, 0.05) is 34.1 Å². The predicted molar refractivity (Wildman–Crippen MR) is 93.3 cm³/mol. The highest BCUT2D eigenvalue weighted by molar-refractivity contribution is 6.32. The summed E-state index contributed by atoms with van der Waals surface area (Å²) in [6, 6.07) is 7.42. The summed E-state index contributed by atoms with van der Waals surface area (Å²) >= 11 is 6.30.